The average molecular weight is 246 g/mol. The molecule has 0 aromatic heterocycles. The number of carbonyl (C=O) groups is 3. The molecule has 0 aliphatic carbocycles. The molecule has 0 saturated carbocycles. The minimum absolute atomic E-state index is 0. The number of hydrogen-bond acceptors (Lipinski definition) is 7. The van der Waals surface area contributed by atoms with Gasteiger partial charge in [-0.3, -0.25) is 0 Å². The van der Waals surface area contributed by atoms with Crippen LogP contribution in [0.15, 0.2) is 0 Å². The van der Waals surface area contributed by atoms with Crippen LogP contribution in [0.5, 0.6) is 0 Å². The molecule has 0 heterocycles. The first kappa shape index (κ1) is 29.2. The van der Waals surface area contributed by atoms with Gasteiger partial charge < -0.3 is 40.2 Å². The van der Waals surface area contributed by atoms with Gasteiger partial charge in [-0.1, -0.05) is 0 Å². The number of hydrogen-bond donors (Lipinski definition) is 2. The van der Waals surface area contributed by atoms with Crippen molar-refractivity contribution in [2.45, 2.75) is 0 Å². The summed E-state index contributed by atoms with van der Waals surface area (Å²) in [5.41, 5.74) is 0. The Kier molecular flexibility index (Phi) is 48.0. The first-order valence-electron chi connectivity index (χ1n) is 1.88. The molecule has 9 nitrogen and oxygen atoms in total. The Labute approximate surface area is 123 Å². The van der Waals surface area contributed by atoms with Crippen LogP contribution in [0, 0.1) is 0 Å². The van der Waals surface area contributed by atoms with E-state index in [0.29, 0.717) is 0 Å². The summed E-state index contributed by atoms with van der Waals surface area (Å²) in [6.07, 6.45) is -6.50. The first-order chi connectivity index (χ1) is 5.20. The molecule has 0 aromatic rings. The van der Waals surface area contributed by atoms with Crippen LogP contribution in [0.1, 0.15) is 0 Å². The van der Waals surface area contributed by atoms with E-state index in [9.17, 15) is 0 Å². The van der Waals surface area contributed by atoms with Crippen LogP contribution < -0.4 is 20.4 Å². The van der Waals surface area contributed by atoms with Crippen molar-refractivity contribution in [1.29, 1.82) is 0 Å². The van der Waals surface area contributed by atoms with Gasteiger partial charge >= 0.3 is 66.9 Å². The predicted octanol–water partition coefficient (Wildman–Crippen LogP) is -5.43. The van der Waals surface area contributed by atoms with Crippen molar-refractivity contribution >= 4 is 79.3 Å². The van der Waals surface area contributed by atoms with Gasteiger partial charge in [0.15, 0.2) is 0 Å². The molecule has 0 amide bonds. The van der Waals surface area contributed by atoms with Crippen molar-refractivity contribution in [3.05, 3.63) is 0 Å². The van der Waals surface area contributed by atoms with Crippen molar-refractivity contribution < 1.29 is 45.0 Å². The second-order valence-corrected chi connectivity index (χ2v) is 0.783. The van der Waals surface area contributed by atoms with E-state index in [1.807, 2.05) is 0 Å². The second-order valence-electron chi connectivity index (χ2n) is 0.783. The van der Waals surface area contributed by atoms with E-state index in [4.69, 9.17) is 45.0 Å². The Bertz CT molecular complexity index is 118. The van der Waals surface area contributed by atoms with Crippen molar-refractivity contribution in [1.82, 2.24) is 0 Å². The Hall–Kier alpha value is -0.164. The van der Waals surface area contributed by atoms with Gasteiger partial charge in [-0.2, -0.15) is 0 Å². The Morgan fingerprint density at radius 2 is 0.786 bits per heavy atom. The average Bonchev–Trinajstić information content (AvgIpc) is 1.54. The van der Waals surface area contributed by atoms with E-state index in [-0.39, 0.29) is 60.8 Å². The third kappa shape index (κ3) is 51700. The fraction of sp³-hybridized carbons (Fsp3) is 0. The van der Waals surface area contributed by atoms with E-state index >= 15 is 0 Å². The number of rotatable bonds is 0. The van der Waals surface area contributed by atoms with Gasteiger partial charge in [0.25, 0.3) is 0 Å². The molecule has 0 radical (unpaired) electrons. The van der Waals surface area contributed by atoms with Crippen LogP contribution in [-0.4, -0.2) is 89.5 Å². The number of carboxylic acid groups (broad SMARTS) is 6. The van der Waals surface area contributed by atoms with E-state index in [0.717, 1.165) is 0 Å². The second kappa shape index (κ2) is 23.0. The molecule has 0 rings (SSSR count). The summed E-state index contributed by atoms with van der Waals surface area (Å²) >= 11 is 0. The summed E-state index contributed by atoms with van der Waals surface area (Å²) in [7, 11) is 0. The normalized spacial score (nSPS) is 5.14. The van der Waals surface area contributed by atoms with Gasteiger partial charge in [-0.25, -0.2) is 4.79 Å². The Morgan fingerprint density at radius 1 is 0.786 bits per heavy atom. The minimum Gasteiger partial charge on any atom is -0.652 e. The SMILES string of the molecule is O=C(O)O.O=C([O-])[O-].O=C([O-])[O-].[Ca+2].[Mg+2]. The minimum atomic E-state index is -2.33. The van der Waals surface area contributed by atoms with Crippen LogP contribution in [0.4, 0.5) is 14.4 Å². The van der Waals surface area contributed by atoms with Gasteiger partial charge in [0.05, 0.1) is 0 Å². The zero-order chi connectivity index (χ0) is 10.7. The van der Waals surface area contributed by atoms with E-state index < -0.39 is 18.5 Å². The van der Waals surface area contributed by atoms with Crippen molar-refractivity contribution in [2.24, 2.45) is 0 Å². The molecule has 72 valence electrons. The molecule has 0 saturated heterocycles. The topological polar surface area (TPSA) is 184 Å². The summed E-state index contributed by atoms with van der Waals surface area (Å²) in [5.74, 6) is 0. The summed E-state index contributed by atoms with van der Waals surface area (Å²) in [6, 6.07) is 0. The molecule has 0 spiro atoms. The molecule has 0 aliphatic heterocycles. The van der Waals surface area contributed by atoms with Crippen molar-refractivity contribution in [3.8, 4) is 0 Å². The van der Waals surface area contributed by atoms with Crippen LogP contribution in [0.2, 0.25) is 0 Å². The van der Waals surface area contributed by atoms with Crippen LogP contribution in [-0.2, 0) is 0 Å². The molecule has 14 heavy (non-hydrogen) atoms. The maximum Gasteiger partial charge on any atom is 2.00 e. The monoisotopic (exact) mass is 246 g/mol. The molecular formula is C3H2CaMgO9. The third-order valence-corrected chi connectivity index (χ3v) is 0. The summed E-state index contributed by atoms with van der Waals surface area (Å²) in [5, 5.41) is 47.3. The van der Waals surface area contributed by atoms with Crippen LogP contribution >= 0.6 is 0 Å². The molecule has 0 bridgehead atoms. The number of carbonyl (C=O) groups excluding carboxylic acids is 2. The van der Waals surface area contributed by atoms with E-state index in [2.05, 4.69) is 0 Å². The smallest absolute Gasteiger partial charge is 0.652 e. The predicted molar refractivity (Wildman–Crippen MR) is 33.0 cm³/mol. The van der Waals surface area contributed by atoms with Crippen molar-refractivity contribution in [3.63, 3.8) is 0 Å². The summed E-state index contributed by atoms with van der Waals surface area (Å²) < 4.78 is 0. The van der Waals surface area contributed by atoms with Gasteiger partial charge in [-0.15, -0.1) is 0 Å². The molecule has 2 N–H and O–H groups in total. The molecule has 0 unspecified atom stereocenters. The maximum atomic E-state index is 8.56. The van der Waals surface area contributed by atoms with Gasteiger partial charge in [0.2, 0.25) is 0 Å². The summed E-state index contributed by atoms with van der Waals surface area (Å²) in [6.45, 7) is 0. The molecule has 11 heteroatoms. The zero-order valence-corrected chi connectivity index (χ0v) is 10.3. The molecule has 0 aliphatic rings. The van der Waals surface area contributed by atoms with Gasteiger partial charge in [0, 0.05) is 0 Å². The molecular weight excluding hydrogens is 244 g/mol. The first-order valence-corrected chi connectivity index (χ1v) is 1.88. The fourth-order valence-electron chi connectivity index (χ4n) is 0. The standard InChI is InChI=1S/3CH2O3.Ca.Mg/c3*2-1(3)4;;/h3*(H2,2,3,4);;/q;;;2*+2/p-4. The van der Waals surface area contributed by atoms with Gasteiger partial charge in [-0.05, 0) is 12.3 Å². The van der Waals surface area contributed by atoms with E-state index in [1.165, 1.54) is 0 Å². The zero-order valence-electron chi connectivity index (χ0n) is 6.67. The third-order valence-electron chi connectivity index (χ3n) is 0. The van der Waals surface area contributed by atoms with E-state index in [1.54, 1.807) is 0 Å². The fourth-order valence-corrected chi connectivity index (χ4v) is 0. The van der Waals surface area contributed by atoms with Crippen LogP contribution in [0.25, 0.3) is 0 Å². The Balaban J connectivity index is -0.0000000270. The summed E-state index contributed by atoms with van der Waals surface area (Å²) in [4.78, 5) is 25.2. The largest absolute Gasteiger partial charge is 2.00 e. The molecule has 0 aromatic carbocycles. The van der Waals surface area contributed by atoms with Crippen LogP contribution in [0.3, 0.4) is 0 Å². The van der Waals surface area contributed by atoms with Crippen molar-refractivity contribution in [2.75, 3.05) is 0 Å². The maximum absolute atomic E-state index is 8.56. The quantitative estimate of drug-likeness (QED) is 0.393. The van der Waals surface area contributed by atoms with Gasteiger partial charge in [0.1, 0.15) is 0 Å². The molecule has 0 fully saturated rings. The Morgan fingerprint density at radius 3 is 0.786 bits per heavy atom. The molecule has 0 atom stereocenters.